The third-order valence-electron chi connectivity index (χ3n) is 5.14. The van der Waals surface area contributed by atoms with Gasteiger partial charge in [0.05, 0.1) is 6.04 Å². The Morgan fingerprint density at radius 3 is 2.83 bits per heavy atom. The summed E-state index contributed by atoms with van der Waals surface area (Å²) in [7, 11) is 4.14. The van der Waals surface area contributed by atoms with Gasteiger partial charge in [-0.2, -0.15) is 0 Å². The van der Waals surface area contributed by atoms with Crippen LogP contribution in [0.3, 0.4) is 0 Å². The quantitative estimate of drug-likeness (QED) is 0.876. The Morgan fingerprint density at radius 2 is 2.04 bits per heavy atom. The van der Waals surface area contributed by atoms with Gasteiger partial charge in [0.25, 0.3) is 0 Å². The molecule has 1 aliphatic carbocycles. The zero-order valence-electron chi connectivity index (χ0n) is 14.3. The predicted octanol–water partition coefficient (Wildman–Crippen LogP) is 2.29. The fourth-order valence-corrected chi connectivity index (χ4v) is 4.04. The molecule has 1 saturated heterocycles. The average Bonchev–Trinajstić information content (AvgIpc) is 2.96. The molecule has 4 nitrogen and oxygen atoms in total. The maximum Gasteiger partial charge on any atom is 0.237 e. The predicted molar refractivity (Wildman–Crippen MR) is 93.0 cm³/mol. The summed E-state index contributed by atoms with van der Waals surface area (Å²) in [4.78, 5) is 14.6. The van der Waals surface area contributed by atoms with Crippen LogP contribution in [0, 0.1) is 5.92 Å². The van der Waals surface area contributed by atoms with Gasteiger partial charge in [-0.25, -0.2) is 0 Å². The van der Waals surface area contributed by atoms with Gasteiger partial charge in [-0.15, -0.1) is 0 Å². The topological polar surface area (TPSA) is 44.4 Å². The van der Waals surface area contributed by atoms with Crippen molar-refractivity contribution in [2.75, 3.05) is 14.1 Å². The normalized spacial score (nSPS) is 27.0. The molecule has 1 heterocycles. The minimum absolute atomic E-state index is 0.00746. The van der Waals surface area contributed by atoms with E-state index in [2.05, 4.69) is 53.9 Å². The van der Waals surface area contributed by atoms with Gasteiger partial charge in [-0.1, -0.05) is 37.1 Å². The van der Waals surface area contributed by atoms with Gasteiger partial charge in [0.15, 0.2) is 0 Å². The highest BCUT2D eigenvalue weighted by Gasteiger charge is 2.37. The first-order valence-electron chi connectivity index (χ1n) is 8.88. The molecule has 0 aromatic heterocycles. The molecule has 0 radical (unpaired) electrons. The van der Waals surface area contributed by atoms with Crippen molar-refractivity contribution in [1.29, 1.82) is 0 Å². The van der Waals surface area contributed by atoms with Crippen LogP contribution in [0.15, 0.2) is 24.3 Å². The lowest BCUT2D eigenvalue weighted by Crippen LogP contribution is -2.42. The van der Waals surface area contributed by atoms with E-state index in [1.165, 1.54) is 36.8 Å². The molecule has 2 aliphatic rings. The van der Waals surface area contributed by atoms with Crippen LogP contribution in [0.4, 0.5) is 0 Å². The minimum Gasteiger partial charge on any atom is -0.351 e. The van der Waals surface area contributed by atoms with E-state index in [0.717, 1.165) is 13.0 Å². The van der Waals surface area contributed by atoms with Crippen molar-refractivity contribution in [2.24, 2.45) is 5.92 Å². The highest BCUT2D eigenvalue weighted by atomic mass is 16.2. The van der Waals surface area contributed by atoms with Crippen LogP contribution in [0.5, 0.6) is 0 Å². The van der Waals surface area contributed by atoms with E-state index >= 15 is 0 Å². The van der Waals surface area contributed by atoms with Crippen molar-refractivity contribution in [3.8, 4) is 0 Å². The van der Waals surface area contributed by atoms with E-state index < -0.39 is 0 Å². The molecule has 23 heavy (non-hydrogen) atoms. The largest absolute Gasteiger partial charge is 0.351 e. The lowest BCUT2D eigenvalue weighted by molar-refractivity contribution is -0.123. The summed E-state index contributed by atoms with van der Waals surface area (Å²) >= 11 is 0. The van der Waals surface area contributed by atoms with E-state index in [1.54, 1.807) is 0 Å². The second-order valence-corrected chi connectivity index (χ2v) is 7.38. The van der Waals surface area contributed by atoms with Crippen LogP contribution in [0.1, 0.15) is 43.2 Å². The van der Waals surface area contributed by atoms with E-state index in [1.807, 2.05) is 0 Å². The average molecular weight is 315 g/mol. The third-order valence-corrected chi connectivity index (χ3v) is 5.14. The monoisotopic (exact) mass is 315 g/mol. The standard InChI is InChI=1S/C19H29N3O/c1-22(2)13-15-7-5-6-14(10-15)12-20-19(23)18-11-16-8-3-4-9-17(16)21-18/h5-7,10,16-18,21H,3-4,8-9,11-13H2,1-2H3,(H,20,23). The van der Waals surface area contributed by atoms with Gasteiger partial charge in [-0.05, 0) is 50.4 Å². The lowest BCUT2D eigenvalue weighted by atomic mass is 9.85. The van der Waals surface area contributed by atoms with Gasteiger partial charge >= 0.3 is 0 Å². The first-order chi connectivity index (χ1) is 11.1. The van der Waals surface area contributed by atoms with E-state index in [9.17, 15) is 4.79 Å². The number of hydrogen-bond acceptors (Lipinski definition) is 3. The highest BCUT2D eigenvalue weighted by Crippen LogP contribution is 2.33. The highest BCUT2D eigenvalue weighted by molar-refractivity contribution is 5.82. The number of hydrogen-bond donors (Lipinski definition) is 2. The van der Waals surface area contributed by atoms with Gasteiger partial charge in [0.2, 0.25) is 5.91 Å². The Kier molecular flexibility index (Phi) is 5.34. The number of fused-ring (bicyclic) bond motifs is 1. The molecule has 1 aromatic carbocycles. The van der Waals surface area contributed by atoms with Crippen LogP contribution >= 0.6 is 0 Å². The summed E-state index contributed by atoms with van der Waals surface area (Å²) < 4.78 is 0. The summed E-state index contributed by atoms with van der Waals surface area (Å²) in [5, 5.41) is 6.66. The number of carbonyl (C=O) groups excluding carboxylic acids is 1. The Bertz CT molecular complexity index is 529. The van der Waals surface area contributed by atoms with E-state index in [0.29, 0.717) is 18.5 Å². The number of rotatable bonds is 5. The maximum atomic E-state index is 12.4. The van der Waals surface area contributed by atoms with E-state index in [4.69, 9.17) is 0 Å². The number of carbonyl (C=O) groups is 1. The van der Waals surface area contributed by atoms with Crippen LogP contribution in [-0.2, 0) is 17.9 Å². The summed E-state index contributed by atoms with van der Waals surface area (Å²) in [6.45, 7) is 1.54. The molecule has 0 spiro atoms. The molecule has 2 N–H and O–H groups in total. The fourth-order valence-electron chi connectivity index (χ4n) is 4.04. The first-order valence-corrected chi connectivity index (χ1v) is 8.88. The molecule has 2 fully saturated rings. The van der Waals surface area contributed by atoms with E-state index in [-0.39, 0.29) is 11.9 Å². The Hall–Kier alpha value is -1.39. The zero-order valence-corrected chi connectivity index (χ0v) is 14.3. The Balaban J connectivity index is 1.51. The fraction of sp³-hybridized carbons (Fsp3) is 0.632. The molecule has 1 aromatic rings. The zero-order chi connectivity index (χ0) is 16.2. The van der Waals surface area contributed by atoms with Crippen molar-refractivity contribution in [3.63, 3.8) is 0 Å². The molecule has 4 heteroatoms. The molecule has 1 saturated carbocycles. The molecular formula is C19H29N3O. The SMILES string of the molecule is CN(C)Cc1cccc(CNC(=O)C2CC3CCCCC3N2)c1. The molecule has 0 bridgehead atoms. The summed E-state index contributed by atoms with van der Waals surface area (Å²) in [6.07, 6.45) is 6.17. The molecular weight excluding hydrogens is 286 g/mol. The summed E-state index contributed by atoms with van der Waals surface area (Å²) in [5.41, 5.74) is 2.46. The van der Waals surface area contributed by atoms with Crippen LogP contribution in [-0.4, -0.2) is 37.0 Å². The minimum atomic E-state index is 0.00746. The number of amides is 1. The number of nitrogens with one attached hydrogen (secondary N) is 2. The third kappa shape index (κ3) is 4.33. The molecule has 3 unspecified atom stereocenters. The smallest absolute Gasteiger partial charge is 0.237 e. The molecule has 1 amide bonds. The first kappa shape index (κ1) is 16.5. The Labute approximate surface area is 139 Å². The van der Waals surface area contributed by atoms with Crippen LogP contribution in [0.2, 0.25) is 0 Å². The van der Waals surface area contributed by atoms with Crippen molar-refractivity contribution >= 4 is 5.91 Å². The van der Waals surface area contributed by atoms with Crippen molar-refractivity contribution in [1.82, 2.24) is 15.5 Å². The maximum absolute atomic E-state index is 12.4. The van der Waals surface area contributed by atoms with Crippen molar-refractivity contribution < 1.29 is 4.79 Å². The van der Waals surface area contributed by atoms with Crippen LogP contribution in [0.25, 0.3) is 0 Å². The molecule has 3 atom stereocenters. The lowest BCUT2D eigenvalue weighted by Gasteiger charge is -2.24. The summed E-state index contributed by atoms with van der Waals surface area (Å²) in [5.74, 6) is 0.875. The van der Waals surface area contributed by atoms with Crippen molar-refractivity contribution in [2.45, 2.75) is 57.3 Å². The second kappa shape index (κ2) is 7.45. The van der Waals surface area contributed by atoms with Crippen LogP contribution < -0.4 is 10.6 Å². The summed E-state index contributed by atoms with van der Waals surface area (Å²) in [6, 6.07) is 9.05. The number of benzene rings is 1. The van der Waals surface area contributed by atoms with Gasteiger partial charge in [0, 0.05) is 19.1 Å². The van der Waals surface area contributed by atoms with Crippen molar-refractivity contribution in [3.05, 3.63) is 35.4 Å². The van der Waals surface area contributed by atoms with Gasteiger partial charge in [-0.3, -0.25) is 4.79 Å². The van der Waals surface area contributed by atoms with Gasteiger partial charge < -0.3 is 15.5 Å². The molecule has 1 aliphatic heterocycles. The Morgan fingerprint density at radius 1 is 1.26 bits per heavy atom. The number of nitrogens with zero attached hydrogens (tertiary/aromatic N) is 1. The molecule has 3 rings (SSSR count). The van der Waals surface area contributed by atoms with Gasteiger partial charge in [0.1, 0.15) is 0 Å². The second-order valence-electron chi connectivity index (χ2n) is 7.38. The molecule has 126 valence electrons.